The summed E-state index contributed by atoms with van der Waals surface area (Å²) >= 11 is 6.09. The number of rotatable bonds is 4. The minimum Gasteiger partial charge on any atom is -0.310 e. The van der Waals surface area contributed by atoms with Crippen LogP contribution in [0.4, 0.5) is 4.39 Å². The molecule has 100 valence electrons. The molecule has 3 heteroatoms. The van der Waals surface area contributed by atoms with E-state index in [4.69, 9.17) is 11.6 Å². The number of hydrogen-bond acceptors (Lipinski definition) is 1. The summed E-state index contributed by atoms with van der Waals surface area (Å²) in [7, 11) is 0. The van der Waals surface area contributed by atoms with E-state index in [1.54, 1.807) is 18.2 Å². The molecule has 0 saturated carbocycles. The van der Waals surface area contributed by atoms with Crippen LogP contribution >= 0.6 is 11.6 Å². The Morgan fingerprint density at radius 1 is 1.11 bits per heavy atom. The van der Waals surface area contributed by atoms with Gasteiger partial charge in [-0.05, 0) is 17.7 Å². The van der Waals surface area contributed by atoms with Crippen LogP contribution in [0.2, 0.25) is 5.02 Å². The van der Waals surface area contributed by atoms with Crippen molar-refractivity contribution in [1.29, 1.82) is 0 Å². The van der Waals surface area contributed by atoms with E-state index < -0.39 is 0 Å². The van der Waals surface area contributed by atoms with E-state index in [1.807, 2.05) is 24.3 Å². The normalized spacial score (nSPS) is 11.0. The number of nitrogens with one attached hydrogen (secondary N) is 1. The van der Waals surface area contributed by atoms with Crippen molar-refractivity contribution in [3.05, 3.63) is 58.9 Å². The van der Waals surface area contributed by atoms with E-state index in [1.165, 1.54) is 0 Å². The maximum atomic E-state index is 14.2. The van der Waals surface area contributed by atoms with Crippen LogP contribution in [0.3, 0.4) is 0 Å². The highest BCUT2D eigenvalue weighted by molar-refractivity contribution is 6.33. The van der Waals surface area contributed by atoms with Gasteiger partial charge < -0.3 is 5.32 Å². The Balaban J connectivity index is 2.27. The van der Waals surface area contributed by atoms with E-state index >= 15 is 0 Å². The molecule has 2 rings (SSSR count). The third-order valence-electron chi connectivity index (χ3n) is 2.91. The SMILES string of the molecule is CC(C)NCc1ccc(-c2ccccc2Cl)c(F)c1. The standard InChI is InChI=1S/C16H17ClFN/c1-11(2)19-10-12-7-8-14(16(18)9-12)13-5-3-4-6-15(13)17/h3-9,11,19H,10H2,1-2H3. The lowest BCUT2D eigenvalue weighted by Gasteiger charge is -2.10. The van der Waals surface area contributed by atoms with Crippen LogP contribution < -0.4 is 5.32 Å². The average Bonchev–Trinajstić information content (AvgIpc) is 2.38. The Hall–Kier alpha value is -1.38. The fourth-order valence-corrected chi connectivity index (χ4v) is 2.13. The van der Waals surface area contributed by atoms with Crippen molar-refractivity contribution in [2.24, 2.45) is 0 Å². The molecule has 2 aromatic rings. The zero-order valence-electron chi connectivity index (χ0n) is 11.1. The summed E-state index contributed by atoms with van der Waals surface area (Å²) in [5.41, 5.74) is 2.20. The Morgan fingerprint density at radius 3 is 2.47 bits per heavy atom. The van der Waals surface area contributed by atoms with E-state index in [0.29, 0.717) is 23.2 Å². The summed E-state index contributed by atoms with van der Waals surface area (Å²) < 4.78 is 14.2. The summed E-state index contributed by atoms with van der Waals surface area (Å²) in [5, 5.41) is 3.83. The van der Waals surface area contributed by atoms with Crippen LogP contribution in [-0.4, -0.2) is 6.04 Å². The first-order chi connectivity index (χ1) is 9.08. The van der Waals surface area contributed by atoms with Gasteiger partial charge in [0.2, 0.25) is 0 Å². The van der Waals surface area contributed by atoms with Gasteiger partial charge in [0.1, 0.15) is 5.82 Å². The fraction of sp³-hybridized carbons (Fsp3) is 0.250. The molecule has 0 radical (unpaired) electrons. The molecule has 0 fully saturated rings. The molecule has 0 atom stereocenters. The summed E-state index contributed by atoms with van der Waals surface area (Å²) in [6, 6.07) is 12.9. The molecule has 0 unspecified atom stereocenters. The van der Waals surface area contributed by atoms with Gasteiger partial charge >= 0.3 is 0 Å². The minimum absolute atomic E-state index is 0.240. The van der Waals surface area contributed by atoms with Gasteiger partial charge in [-0.1, -0.05) is 55.8 Å². The van der Waals surface area contributed by atoms with Crippen molar-refractivity contribution < 1.29 is 4.39 Å². The van der Waals surface area contributed by atoms with Crippen molar-refractivity contribution >= 4 is 11.6 Å². The lowest BCUT2D eigenvalue weighted by Crippen LogP contribution is -2.21. The van der Waals surface area contributed by atoms with Gasteiger partial charge in [0.25, 0.3) is 0 Å². The maximum absolute atomic E-state index is 14.2. The first kappa shape index (κ1) is 14.0. The van der Waals surface area contributed by atoms with E-state index in [0.717, 1.165) is 11.1 Å². The lowest BCUT2D eigenvalue weighted by atomic mass is 10.0. The molecule has 2 aromatic carbocycles. The van der Waals surface area contributed by atoms with Crippen LogP contribution in [0.25, 0.3) is 11.1 Å². The molecule has 0 amide bonds. The predicted octanol–water partition coefficient (Wildman–Crippen LogP) is 4.64. The molecular formula is C16H17ClFN. The summed E-state index contributed by atoms with van der Waals surface area (Å²) in [5.74, 6) is -0.240. The van der Waals surface area contributed by atoms with Gasteiger partial charge in [-0.25, -0.2) is 4.39 Å². The number of benzene rings is 2. The van der Waals surface area contributed by atoms with Gasteiger partial charge in [-0.3, -0.25) is 0 Å². The van der Waals surface area contributed by atoms with Crippen LogP contribution in [0.5, 0.6) is 0 Å². The Morgan fingerprint density at radius 2 is 1.84 bits per heavy atom. The smallest absolute Gasteiger partial charge is 0.131 e. The van der Waals surface area contributed by atoms with Gasteiger partial charge in [-0.2, -0.15) is 0 Å². The Bertz CT molecular complexity index is 566. The van der Waals surface area contributed by atoms with Crippen molar-refractivity contribution in [2.45, 2.75) is 26.4 Å². The largest absolute Gasteiger partial charge is 0.310 e. The summed E-state index contributed by atoms with van der Waals surface area (Å²) in [6.45, 7) is 4.79. The molecule has 0 aliphatic carbocycles. The number of halogens is 2. The third kappa shape index (κ3) is 3.55. The van der Waals surface area contributed by atoms with Gasteiger partial charge in [0.05, 0.1) is 0 Å². The molecule has 1 N–H and O–H groups in total. The monoisotopic (exact) mass is 277 g/mol. The fourth-order valence-electron chi connectivity index (χ4n) is 1.89. The minimum atomic E-state index is -0.240. The van der Waals surface area contributed by atoms with Crippen LogP contribution in [0.1, 0.15) is 19.4 Å². The summed E-state index contributed by atoms with van der Waals surface area (Å²) in [6.07, 6.45) is 0. The zero-order chi connectivity index (χ0) is 13.8. The summed E-state index contributed by atoms with van der Waals surface area (Å²) in [4.78, 5) is 0. The second-order valence-corrected chi connectivity index (χ2v) is 5.24. The van der Waals surface area contributed by atoms with E-state index in [-0.39, 0.29) is 5.82 Å². The van der Waals surface area contributed by atoms with Crippen molar-refractivity contribution in [1.82, 2.24) is 5.32 Å². The van der Waals surface area contributed by atoms with Gasteiger partial charge in [0, 0.05) is 28.7 Å². The topological polar surface area (TPSA) is 12.0 Å². The van der Waals surface area contributed by atoms with Crippen molar-refractivity contribution in [3.8, 4) is 11.1 Å². The molecule has 19 heavy (non-hydrogen) atoms. The molecule has 0 aromatic heterocycles. The first-order valence-corrected chi connectivity index (χ1v) is 6.72. The molecule has 1 nitrogen and oxygen atoms in total. The third-order valence-corrected chi connectivity index (χ3v) is 3.24. The van der Waals surface area contributed by atoms with Crippen LogP contribution in [0.15, 0.2) is 42.5 Å². The van der Waals surface area contributed by atoms with Crippen LogP contribution in [0, 0.1) is 5.82 Å². The quantitative estimate of drug-likeness (QED) is 0.858. The first-order valence-electron chi connectivity index (χ1n) is 6.34. The average molecular weight is 278 g/mol. The highest BCUT2D eigenvalue weighted by Crippen LogP contribution is 2.29. The molecule has 0 saturated heterocycles. The van der Waals surface area contributed by atoms with E-state index in [2.05, 4.69) is 19.2 Å². The predicted molar refractivity (Wildman–Crippen MR) is 78.8 cm³/mol. The van der Waals surface area contributed by atoms with Crippen molar-refractivity contribution in [2.75, 3.05) is 0 Å². The van der Waals surface area contributed by atoms with Gasteiger partial charge in [0.15, 0.2) is 0 Å². The Kier molecular flexibility index (Phi) is 4.56. The highest BCUT2D eigenvalue weighted by Gasteiger charge is 2.09. The second kappa shape index (κ2) is 6.18. The molecular weight excluding hydrogens is 261 g/mol. The lowest BCUT2D eigenvalue weighted by molar-refractivity contribution is 0.582. The second-order valence-electron chi connectivity index (χ2n) is 4.83. The molecule has 0 aliphatic rings. The molecule has 0 aliphatic heterocycles. The molecule has 0 spiro atoms. The van der Waals surface area contributed by atoms with Gasteiger partial charge in [-0.15, -0.1) is 0 Å². The number of hydrogen-bond donors (Lipinski definition) is 1. The zero-order valence-corrected chi connectivity index (χ0v) is 11.8. The Labute approximate surface area is 118 Å². The highest BCUT2D eigenvalue weighted by atomic mass is 35.5. The van der Waals surface area contributed by atoms with E-state index in [9.17, 15) is 4.39 Å². The molecule has 0 heterocycles. The van der Waals surface area contributed by atoms with Crippen molar-refractivity contribution in [3.63, 3.8) is 0 Å². The van der Waals surface area contributed by atoms with Crippen LogP contribution in [-0.2, 0) is 6.54 Å². The molecule has 0 bridgehead atoms. The maximum Gasteiger partial charge on any atom is 0.131 e.